The Morgan fingerprint density at radius 3 is 2.69 bits per heavy atom. The minimum Gasteiger partial charge on any atom is -0.342 e. The maximum absolute atomic E-state index is 13.0. The Morgan fingerprint density at radius 1 is 1.10 bits per heavy atom. The molecular weight excluding hydrogens is 366 g/mol. The first-order valence-corrected chi connectivity index (χ1v) is 10.1. The third kappa shape index (κ3) is 3.77. The van der Waals surface area contributed by atoms with Crippen LogP contribution in [0.3, 0.4) is 0 Å². The fraction of sp³-hybridized carbons (Fsp3) is 0.409. The lowest BCUT2D eigenvalue weighted by Crippen LogP contribution is -2.39. The average Bonchev–Trinajstić information content (AvgIpc) is 3.18. The molecule has 0 spiro atoms. The van der Waals surface area contributed by atoms with Crippen molar-refractivity contribution in [1.82, 2.24) is 24.9 Å². The van der Waals surface area contributed by atoms with Crippen LogP contribution in [0, 0.1) is 12.8 Å². The van der Waals surface area contributed by atoms with Crippen molar-refractivity contribution in [3.63, 3.8) is 0 Å². The number of likely N-dealkylation sites (tertiary alicyclic amines) is 1. The molecule has 3 heterocycles. The van der Waals surface area contributed by atoms with Gasteiger partial charge < -0.3 is 4.90 Å². The predicted octanol–water partition coefficient (Wildman–Crippen LogP) is 3.35. The van der Waals surface area contributed by atoms with Crippen LogP contribution < -0.4 is 0 Å². The SMILES string of the molecule is Cc1c(C(=O)CC(C)C(=O)N2CCCCC2)cccc1-n1nnc2cccnc21. The number of ketones is 1. The molecular formula is C22H25N5O2. The molecule has 29 heavy (non-hydrogen) atoms. The molecule has 1 aliphatic rings. The fourth-order valence-corrected chi connectivity index (χ4v) is 3.98. The van der Waals surface area contributed by atoms with E-state index in [0.717, 1.165) is 37.2 Å². The Labute approximate surface area is 169 Å². The topological polar surface area (TPSA) is 81.0 Å². The third-order valence-corrected chi connectivity index (χ3v) is 5.62. The lowest BCUT2D eigenvalue weighted by Gasteiger charge is -2.29. The zero-order chi connectivity index (χ0) is 20.4. The van der Waals surface area contributed by atoms with Gasteiger partial charge in [0.05, 0.1) is 5.69 Å². The van der Waals surface area contributed by atoms with E-state index in [9.17, 15) is 9.59 Å². The molecule has 0 bridgehead atoms. The smallest absolute Gasteiger partial charge is 0.225 e. The number of aromatic nitrogens is 4. The number of Topliss-reactive ketones (excluding diaryl/α,β-unsaturated/α-hetero) is 1. The number of pyridine rings is 1. The van der Waals surface area contributed by atoms with Crippen molar-refractivity contribution in [2.24, 2.45) is 5.92 Å². The van der Waals surface area contributed by atoms with E-state index >= 15 is 0 Å². The van der Waals surface area contributed by atoms with Gasteiger partial charge in [-0.25, -0.2) is 4.98 Å². The molecule has 7 nitrogen and oxygen atoms in total. The van der Waals surface area contributed by atoms with E-state index in [0.29, 0.717) is 16.7 Å². The number of hydrogen-bond acceptors (Lipinski definition) is 5. The van der Waals surface area contributed by atoms with Crippen molar-refractivity contribution in [2.75, 3.05) is 13.1 Å². The number of rotatable bonds is 5. The second-order valence-electron chi connectivity index (χ2n) is 7.71. The van der Waals surface area contributed by atoms with Crippen molar-refractivity contribution >= 4 is 22.9 Å². The molecule has 2 aromatic heterocycles. The predicted molar refractivity (Wildman–Crippen MR) is 110 cm³/mol. The zero-order valence-corrected chi connectivity index (χ0v) is 16.8. The number of fused-ring (bicyclic) bond motifs is 1. The van der Waals surface area contributed by atoms with Gasteiger partial charge in [0.2, 0.25) is 5.91 Å². The summed E-state index contributed by atoms with van der Waals surface area (Å²) in [5.41, 5.74) is 3.54. The van der Waals surface area contributed by atoms with Crippen LogP contribution in [-0.2, 0) is 4.79 Å². The normalized spacial score (nSPS) is 15.4. The van der Waals surface area contributed by atoms with Crippen molar-refractivity contribution in [1.29, 1.82) is 0 Å². The number of nitrogens with zero attached hydrogens (tertiary/aromatic N) is 5. The molecule has 1 atom stereocenters. The minimum atomic E-state index is -0.322. The van der Waals surface area contributed by atoms with E-state index in [4.69, 9.17) is 0 Å². The molecule has 0 N–H and O–H groups in total. The van der Waals surface area contributed by atoms with Gasteiger partial charge in [-0.05, 0) is 49.9 Å². The fourth-order valence-electron chi connectivity index (χ4n) is 3.98. The van der Waals surface area contributed by atoms with E-state index < -0.39 is 0 Å². The monoisotopic (exact) mass is 391 g/mol. The molecule has 150 valence electrons. The summed E-state index contributed by atoms with van der Waals surface area (Å²) in [4.78, 5) is 32.0. The maximum atomic E-state index is 13.0. The molecule has 1 amide bonds. The van der Waals surface area contributed by atoms with E-state index in [1.165, 1.54) is 6.42 Å². The van der Waals surface area contributed by atoms with Crippen LogP contribution in [0.25, 0.3) is 16.9 Å². The Morgan fingerprint density at radius 2 is 1.90 bits per heavy atom. The van der Waals surface area contributed by atoms with E-state index in [2.05, 4.69) is 15.3 Å². The van der Waals surface area contributed by atoms with Gasteiger partial charge in [-0.3, -0.25) is 9.59 Å². The van der Waals surface area contributed by atoms with Crippen molar-refractivity contribution < 1.29 is 9.59 Å². The number of carbonyl (C=O) groups excluding carboxylic acids is 2. The molecule has 3 aromatic rings. The van der Waals surface area contributed by atoms with Crippen molar-refractivity contribution in [3.05, 3.63) is 47.7 Å². The molecule has 1 saturated heterocycles. The highest BCUT2D eigenvalue weighted by molar-refractivity contribution is 6.00. The lowest BCUT2D eigenvalue weighted by atomic mass is 9.94. The first-order valence-electron chi connectivity index (χ1n) is 10.1. The first kappa shape index (κ1) is 19.2. The Balaban J connectivity index is 1.56. The van der Waals surface area contributed by atoms with Crippen LogP contribution in [0.15, 0.2) is 36.5 Å². The maximum Gasteiger partial charge on any atom is 0.225 e. The van der Waals surface area contributed by atoms with Gasteiger partial charge in [0.15, 0.2) is 11.4 Å². The van der Waals surface area contributed by atoms with Crippen LogP contribution in [0.4, 0.5) is 0 Å². The molecule has 1 unspecified atom stereocenters. The van der Waals surface area contributed by atoms with Gasteiger partial charge in [0.1, 0.15) is 5.52 Å². The zero-order valence-electron chi connectivity index (χ0n) is 16.8. The van der Waals surface area contributed by atoms with Crippen LogP contribution in [0.2, 0.25) is 0 Å². The summed E-state index contributed by atoms with van der Waals surface area (Å²) in [6, 6.07) is 9.21. The highest BCUT2D eigenvalue weighted by atomic mass is 16.2. The summed E-state index contributed by atoms with van der Waals surface area (Å²) in [5.74, 6) is -0.268. The van der Waals surface area contributed by atoms with Crippen LogP contribution in [0.1, 0.15) is 48.5 Å². The molecule has 1 aromatic carbocycles. The molecule has 0 saturated carbocycles. The summed E-state index contributed by atoms with van der Waals surface area (Å²) >= 11 is 0. The highest BCUT2D eigenvalue weighted by Gasteiger charge is 2.25. The van der Waals surface area contributed by atoms with E-state index in [-0.39, 0.29) is 24.0 Å². The number of carbonyl (C=O) groups is 2. The molecule has 0 aliphatic carbocycles. The molecule has 4 rings (SSSR count). The molecule has 1 aliphatic heterocycles. The summed E-state index contributed by atoms with van der Waals surface area (Å²) in [6.07, 6.45) is 5.17. The standard InChI is InChI=1S/C22H25N5O2/c1-15(22(29)26-12-4-3-5-13-26)14-20(28)17-8-6-10-19(16(17)2)27-21-18(24-25-27)9-7-11-23-21/h6-11,15H,3-5,12-14H2,1-2H3. The van der Waals surface area contributed by atoms with Crippen LogP contribution in [0.5, 0.6) is 0 Å². The third-order valence-electron chi connectivity index (χ3n) is 5.62. The number of hydrogen-bond donors (Lipinski definition) is 0. The van der Waals surface area contributed by atoms with Gasteiger partial charge in [0.25, 0.3) is 0 Å². The quantitative estimate of drug-likeness (QED) is 0.623. The van der Waals surface area contributed by atoms with E-state index in [1.807, 2.05) is 49.1 Å². The van der Waals surface area contributed by atoms with Crippen molar-refractivity contribution in [3.8, 4) is 5.69 Å². The second kappa shape index (κ2) is 8.11. The number of piperidine rings is 1. The van der Waals surface area contributed by atoms with Gasteiger partial charge in [0, 0.05) is 37.2 Å². The largest absolute Gasteiger partial charge is 0.342 e. The summed E-state index contributed by atoms with van der Waals surface area (Å²) in [6.45, 7) is 5.36. The van der Waals surface area contributed by atoms with Gasteiger partial charge in [-0.15, -0.1) is 5.10 Å². The molecule has 1 fully saturated rings. The summed E-state index contributed by atoms with van der Waals surface area (Å²) in [7, 11) is 0. The second-order valence-corrected chi connectivity index (χ2v) is 7.71. The Bertz CT molecular complexity index is 1050. The summed E-state index contributed by atoms with van der Waals surface area (Å²) in [5, 5.41) is 8.36. The van der Waals surface area contributed by atoms with Gasteiger partial charge in [-0.2, -0.15) is 4.68 Å². The van der Waals surface area contributed by atoms with Gasteiger partial charge in [-0.1, -0.05) is 24.3 Å². The Kier molecular flexibility index (Phi) is 5.38. The lowest BCUT2D eigenvalue weighted by molar-refractivity contribution is -0.135. The van der Waals surface area contributed by atoms with Crippen LogP contribution in [-0.4, -0.2) is 49.7 Å². The minimum absolute atomic E-state index is 0.0282. The highest BCUT2D eigenvalue weighted by Crippen LogP contribution is 2.23. The average molecular weight is 391 g/mol. The number of amides is 1. The molecule has 0 radical (unpaired) electrons. The van der Waals surface area contributed by atoms with Crippen LogP contribution >= 0.6 is 0 Å². The van der Waals surface area contributed by atoms with E-state index in [1.54, 1.807) is 10.9 Å². The van der Waals surface area contributed by atoms with Gasteiger partial charge >= 0.3 is 0 Å². The number of benzene rings is 1. The molecule has 7 heteroatoms. The Hall–Kier alpha value is -3.09. The first-order chi connectivity index (χ1) is 14.1. The summed E-state index contributed by atoms with van der Waals surface area (Å²) < 4.78 is 1.66. The van der Waals surface area contributed by atoms with Crippen molar-refractivity contribution in [2.45, 2.75) is 39.5 Å².